The summed E-state index contributed by atoms with van der Waals surface area (Å²) in [5.74, 6) is -0.359. The number of rotatable bonds is 6. The van der Waals surface area contributed by atoms with Crippen molar-refractivity contribution in [2.24, 2.45) is 0 Å². The van der Waals surface area contributed by atoms with E-state index in [0.29, 0.717) is 22.6 Å². The van der Waals surface area contributed by atoms with Gasteiger partial charge in [0.1, 0.15) is 18.1 Å². The summed E-state index contributed by atoms with van der Waals surface area (Å²) in [6.45, 7) is 1.69. The van der Waals surface area contributed by atoms with Gasteiger partial charge >= 0.3 is 5.97 Å². The number of imide groups is 1. The molecule has 7 nitrogen and oxygen atoms in total. The summed E-state index contributed by atoms with van der Waals surface area (Å²) in [4.78, 5) is 38.0. The van der Waals surface area contributed by atoms with Crippen LogP contribution in [0.2, 0.25) is 0 Å². The Hall–Kier alpha value is -3.35. The van der Waals surface area contributed by atoms with Crippen molar-refractivity contribution in [3.05, 3.63) is 58.7 Å². The Balaban J connectivity index is 1.66. The molecule has 3 rings (SSSR count). The van der Waals surface area contributed by atoms with E-state index >= 15 is 0 Å². The van der Waals surface area contributed by atoms with E-state index in [0.717, 1.165) is 10.5 Å². The minimum Gasteiger partial charge on any atom is -0.496 e. The van der Waals surface area contributed by atoms with Crippen molar-refractivity contribution in [3.8, 4) is 11.5 Å². The predicted octanol–water partition coefficient (Wildman–Crippen LogP) is 2.47. The number of ether oxygens (including phenoxy) is 3. The second-order valence-electron chi connectivity index (χ2n) is 5.95. The zero-order chi connectivity index (χ0) is 19.6. The Morgan fingerprint density at radius 3 is 1.96 bits per heavy atom. The third-order valence-corrected chi connectivity index (χ3v) is 4.41. The number of methoxy groups -OCH3 is 2. The SMILES string of the molecule is COc1cc(C(=O)OCCN2C(=O)c3ccccc3C2=O)cc(OC)c1C. The summed E-state index contributed by atoms with van der Waals surface area (Å²) in [6, 6.07) is 9.72. The van der Waals surface area contributed by atoms with Crippen LogP contribution in [0.1, 0.15) is 36.6 Å². The zero-order valence-electron chi connectivity index (χ0n) is 15.3. The van der Waals surface area contributed by atoms with Gasteiger partial charge in [-0.15, -0.1) is 0 Å². The molecule has 2 aromatic rings. The first-order valence-corrected chi connectivity index (χ1v) is 8.33. The molecule has 0 saturated carbocycles. The monoisotopic (exact) mass is 369 g/mol. The second kappa shape index (κ2) is 7.49. The maximum atomic E-state index is 12.3. The zero-order valence-corrected chi connectivity index (χ0v) is 15.3. The van der Waals surface area contributed by atoms with Gasteiger partial charge in [0.2, 0.25) is 0 Å². The van der Waals surface area contributed by atoms with E-state index in [1.807, 2.05) is 6.92 Å². The number of carbonyl (C=O) groups excluding carboxylic acids is 3. The van der Waals surface area contributed by atoms with Gasteiger partial charge in [-0.2, -0.15) is 0 Å². The third kappa shape index (κ3) is 3.36. The van der Waals surface area contributed by atoms with Gasteiger partial charge in [-0.25, -0.2) is 4.79 Å². The molecule has 1 aliphatic rings. The molecule has 140 valence electrons. The van der Waals surface area contributed by atoms with Gasteiger partial charge in [0, 0.05) is 5.56 Å². The molecule has 27 heavy (non-hydrogen) atoms. The average molecular weight is 369 g/mol. The average Bonchev–Trinajstić information content (AvgIpc) is 2.93. The fraction of sp³-hybridized carbons (Fsp3) is 0.250. The van der Waals surface area contributed by atoms with Gasteiger partial charge in [-0.3, -0.25) is 14.5 Å². The Kier molecular flexibility index (Phi) is 5.12. The molecule has 0 fully saturated rings. The predicted molar refractivity (Wildman–Crippen MR) is 96.4 cm³/mol. The second-order valence-corrected chi connectivity index (χ2v) is 5.95. The molecule has 0 radical (unpaired) electrons. The van der Waals surface area contributed by atoms with Crippen LogP contribution in [0, 0.1) is 6.92 Å². The van der Waals surface area contributed by atoms with Crippen molar-refractivity contribution in [2.75, 3.05) is 27.4 Å². The van der Waals surface area contributed by atoms with Crippen molar-refractivity contribution in [3.63, 3.8) is 0 Å². The van der Waals surface area contributed by atoms with E-state index < -0.39 is 5.97 Å². The van der Waals surface area contributed by atoms with Gasteiger partial charge in [0.05, 0.1) is 37.5 Å². The number of benzene rings is 2. The highest BCUT2D eigenvalue weighted by Crippen LogP contribution is 2.29. The van der Waals surface area contributed by atoms with E-state index in [9.17, 15) is 14.4 Å². The van der Waals surface area contributed by atoms with Crippen molar-refractivity contribution in [1.82, 2.24) is 4.90 Å². The van der Waals surface area contributed by atoms with Crippen molar-refractivity contribution >= 4 is 17.8 Å². The smallest absolute Gasteiger partial charge is 0.338 e. The Morgan fingerprint density at radius 1 is 0.963 bits per heavy atom. The fourth-order valence-electron chi connectivity index (χ4n) is 2.96. The molecule has 0 atom stereocenters. The minimum absolute atomic E-state index is 0.0157. The Bertz CT molecular complexity index is 860. The maximum absolute atomic E-state index is 12.3. The fourth-order valence-corrected chi connectivity index (χ4v) is 2.96. The van der Waals surface area contributed by atoms with Crippen LogP contribution in [0.25, 0.3) is 0 Å². The van der Waals surface area contributed by atoms with Crippen molar-refractivity contribution in [2.45, 2.75) is 6.92 Å². The van der Waals surface area contributed by atoms with E-state index in [4.69, 9.17) is 14.2 Å². The van der Waals surface area contributed by atoms with E-state index in [-0.39, 0.29) is 30.5 Å². The Labute approximate surface area is 156 Å². The van der Waals surface area contributed by atoms with Crippen molar-refractivity contribution < 1.29 is 28.6 Å². The molecule has 2 amide bonds. The summed E-state index contributed by atoms with van der Waals surface area (Å²) < 4.78 is 15.7. The van der Waals surface area contributed by atoms with Crippen LogP contribution in [0.4, 0.5) is 0 Å². The third-order valence-electron chi connectivity index (χ3n) is 4.41. The van der Waals surface area contributed by atoms with Gasteiger partial charge in [-0.1, -0.05) is 12.1 Å². The highest BCUT2D eigenvalue weighted by atomic mass is 16.5. The number of esters is 1. The molecule has 0 saturated heterocycles. The molecule has 0 aromatic heterocycles. The van der Waals surface area contributed by atoms with Gasteiger partial charge < -0.3 is 14.2 Å². The largest absolute Gasteiger partial charge is 0.496 e. The standard InChI is InChI=1S/C20H19NO6/c1-12-16(25-2)10-13(11-17(12)26-3)20(24)27-9-8-21-18(22)14-6-4-5-7-15(14)19(21)23/h4-7,10-11H,8-9H2,1-3H3. The van der Waals surface area contributed by atoms with E-state index in [2.05, 4.69) is 0 Å². The first kappa shape index (κ1) is 18.4. The van der Waals surface area contributed by atoms with Gasteiger partial charge in [0.25, 0.3) is 11.8 Å². The Morgan fingerprint density at radius 2 is 1.48 bits per heavy atom. The van der Waals surface area contributed by atoms with E-state index in [1.54, 1.807) is 36.4 Å². The minimum atomic E-state index is -0.594. The molecule has 0 bridgehead atoms. The number of fused-ring (bicyclic) bond motifs is 1. The van der Waals surface area contributed by atoms with Crippen LogP contribution in [0.5, 0.6) is 11.5 Å². The number of hydrogen-bond acceptors (Lipinski definition) is 6. The lowest BCUT2D eigenvalue weighted by molar-refractivity contribution is 0.0420. The van der Waals surface area contributed by atoms with E-state index in [1.165, 1.54) is 14.2 Å². The van der Waals surface area contributed by atoms with Crippen LogP contribution in [-0.4, -0.2) is 50.1 Å². The van der Waals surface area contributed by atoms with Gasteiger partial charge in [0.15, 0.2) is 0 Å². The molecular formula is C20H19NO6. The number of carbonyl (C=O) groups is 3. The summed E-state index contributed by atoms with van der Waals surface area (Å²) in [5, 5.41) is 0. The van der Waals surface area contributed by atoms with Crippen LogP contribution < -0.4 is 9.47 Å². The molecule has 0 unspecified atom stereocenters. The topological polar surface area (TPSA) is 82.1 Å². The van der Waals surface area contributed by atoms with Crippen LogP contribution in [0.15, 0.2) is 36.4 Å². The summed E-state index contributed by atoms with van der Waals surface area (Å²) >= 11 is 0. The number of hydrogen-bond donors (Lipinski definition) is 0. The quantitative estimate of drug-likeness (QED) is 0.575. The molecule has 7 heteroatoms. The molecule has 0 N–H and O–H groups in total. The molecule has 1 aliphatic heterocycles. The highest BCUT2D eigenvalue weighted by molar-refractivity contribution is 6.21. The van der Waals surface area contributed by atoms with Crippen LogP contribution in [-0.2, 0) is 4.74 Å². The van der Waals surface area contributed by atoms with Crippen LogP contribution >= 0.6 is 0 Å². The molecule has 0 aliphatic carbocycles. The molecular weight excluding hydrogens is 350 g/mol. The first-order valence-electron chi connectivity index (χ1n) is 8.33. The lowest BCUT2D eigenvalue weighted by Crippen LogP contribution is -2.33. The van der Waals surface area contributed by atoms with Crippen molar-refractivity contribution in [1.29, 1.82) is 0 Å². The lowest BCUT2D eigenvalue weighted by Gasteiger charge is -2.15. The molecule has 2 aromatic carbocycles. The molecule has 0 spiro atoms. The summed E-state index contributed by atoms with van der Waals surface area (Å²) in [7, 11) is 3.00. The lowest BCUT2D eigenvalue weighted by atomic mass is 10.1. The summed E-state index contributed by atoms with van der Waals surface area (Å²) in [5.41, 5.74) is 1.75. The number of amides is 2. The molecule has 1 heterocycles. The van der Waals surface area contributed by atoms with Crippen LogP contribution in [0.3, 0.4) is 0 Å². The highest BCUT2D eigenvalue weighted by Gasteiger charge is 2.34. The normalized spacial score (nSPS) is 12.8. The van der Waals surface area contributed by atoms with Gasteiger partial charge in [-0.05, 0) is 31.2 Å². The maximum Gasteiger partial charge on any atom is 0.338 e. The number of nitrogens with zero attached hydrogens (tertiary/aromatic N) is 1. The first-order chi connectivity index (χ1) is 13.0. The summed E-state index contributed by atoms with van der Waals surface area (Å²) in [6.07, 6.45) is 0.